The lowest BCUT2D eigenvalue weighted by Crippen LogP contribution is -2.37. The van der Waals surface area contributed by atoms with Crippen molar-refractivity contribution < 1.29 is 9.50 Å². The van der Waals surface area contributed by atoms with Crippen LogP contribution in [-0.2, 0) is 6.54 Å². The molecule has 0 amide bonds. The lowest BCUT2D eigenvalue weighted by Gasteiger charge is -2.26. The number of likely N-dealkylation sites (tertiary alicyclic amines) is 1. The van der Waals surface area contributed by atoms with E-state index in [1.54, 1.807) is 6.07 Å². The van der Waals surface area contributed by atoms with E-state index in [0.717, 1.165) is 6.54 Å². The van der Waals surface area contributed by atoms with E-state index in [1.165, 1.54) is 12.1 Å². The predicted molar refractivity (Wildman–Crippen MR) is 74.5 cm³/mol. The smallest absolute Gasteiger partial charge is 0.127 e. The average Bonchev–Trinajstić information content (AvgIpc) is 2.71. The zero-order valence-corrected chi connectivity index (χ0v) is 11.9. The van der Waals surface area contributed by atoms with E-state index in [1.807, 2.05) is 20.2 Å². The molecule has 1 aromatic rings. The Morgan fingerprint density at radius 1 is 1.50 bits per heavy atom. The second-order valence-electron chi connectivity index (χ2n) is 5.65. The number of benzene rings is 1. The van der Waals surface area contributed by atoms with Crippen molar-refractivity contribution in [1.82, 2.24) is 9.80 Å². The van der Waals surface area contributed by atoms with Crippen molar-refractivity contribution in [3.05, 3.63) is 35.1 Å². The Morgan fingerprint density at radius 2 is 2.25 bits per heavy atom. The van der Waals surface area contributed by atoms with Crippen LogP contribution >= 0.6 is 0 Å². The number of aliphatic hydroxyl groups is 1. The maximum atomic E-state index is 13.8. The number of nitriles is 1. The summed E-state index contributed by atoms with van der Waals surface area (Å²) in [4.78, 5) is 4.15. The topological polar surface area (TPSA) is 50.5 Å². The second-order valence-corrected chi connectivity index (χ2v) is 5.65. The highest BCUT2D eigenvalue weighted by molar-refractivity contribution is 5.33. The first kappa shape index (κ1) is 14.9. The molecule has 1 aliphatic heterocycles. The first-order valence-corrected chi connectivity index (χ1v) is 6.75. The minimum atomic E-state index is -0.359. The van der Waals surface area contributed by atoms with Gasteiger partial charge in [0.05, 0.1) is 17.7 Å². The van der Waals surface area contributed by atoms with Crippen molar-refractivity contribution in [2.75, 3.05) is 27.2 Å². The van der Waals surface area contributed by atoms with Gasteiger partial charge in [0, 0.05) is 31.2 Å². The van der Waals surface area contributed by atoms with Gasteiger partial charge < -0.3 is 10.0 Å². The van der Waals surface area contributed by atoms with E-state index >= 15 is 0 Å². The van der Waals surface area contributed by atoms with Crippen LogP contribution < -0.4 is 0 Å². The van der Waals surface area contributed by atoms with Gasteiger partial charge in [-0.2, -0.15) is 5.26 Å². The number of aliphatic hydroxyl groups excluding tert-OH is 1. The number of halogens is 1. The molecule has 20 heavy (non-hydrogen) atoms. The molecule has 0 saturated carbocycles. The first-order valence-electron chi connectivity index (χ1n) is 6.75. The van der Waals surface area contributed by atoms with Crippen LogP contribution in [0, 0.1) is 17.1 Å². The molecule has 2 rings (SSSR count). The van der Waals surface area contributed by atoms with E-state index in [4.69, 9.17) is 5.26 Å². The van der Waals surface area contributed by atoms with Gasteiger partial charge in [-0.05, 0) is 38.7 Å². The molecule has 1 fully saturated rings. The molecule has 0 aliphatic carbocycles. The van der Waals surface area contributed by atoms with Gasteiger partial charge >= 0.3 is 0 Å². The average molecular weight is 277 g/mol. The molecule has 0 aromatic heterocycles. The van der Waals surface area contributed by atoms with Gasteiger partial charge in [-0.25, -0.2) is 4.39 Å². The Morgan fingerprint density at radius 3 is 2.90 bits per heavy atom. The maximum absolute atomic E-state index is 13.8. The summed E-state index contributed by atoms with van der Waals surface area (Å²) in [5.74, 6) is -0.297. The van der Waals surface area contributed by atoms with Gasteiger partial charge in [-0.3, -0.25) is 4.90 Å². The van der Waals surface area contributed by atoms with Crippen LogP contribution in [0.1, 0.15) is 17.5 Å². The Kier molecular flexibility index (Phi) is 4.71. The van der Waals surface area contributed by atoms with E-state index in [9.17, 15) is 9.50 Å². The maximum Gasteiger partial charge on any atom is 0.127 e. The zero-order chi connectivity index (χ0) is 14.7. The van der Waals surface area contributed by atoms with Crippen molar-refractivity contribution in [1.29, 1.82) is 5.26 Å². The minimum Gasteiger partial charge on any atom is -0.392 e. The monoisotopic (exact) mass is 277 g/mol. The summed E-state index contributed by atoms with van der Waals surface area (Å²) in [6.07, 6.45) is 0.347. The molecule has 2 atom stereocenters. The highest BCUT2D eigenvalue weighted by atomic mass is 19.1. The normalized spacial score (nSPS) is 23.2. The molecule has 108 valence electrons. The molecule has 1 heterocycles. The Hall–Kier alpha value is -1.48. The van der Waals surface area contributed by atoms with Crippen LogP contribution in [0.15, 0.2) is 18.2 Å². The van der Waals surface area contributed by atoms with Crippen molar-refractivity contribution in [3.8, 4) is 6.07 Å². The van der Waals surface area contributed by atoms with Crippen LogP contribution in [-0.4, -0.2) is 54.2 Å². The standard InChI is InChI=1S/C15H20FN3O/c1-18(2)9-13-6-14(20)10-19(13)8-12-5-11(7-17)3-4-15(12)16/h3-5,13-14,20H,6,8-10H2,1-2H3. The molecule has 2 unspecified atom stereocenters. The number of β-amino-alcohol motifs (C(OH)–C–C–N with tert-alkyl or cyclic N) is 1. The molecule has 0 bridgehead atoms. The molecule has 5 heteroatoms. The summed E-state index contributed by atoms with van der Waals surface area (Å²) < 4.78 is 13.8. The fourth-order valence-electron chi connectivity index (χ4n) is 2.75. The van der Waals surface area contributed by atoms with Crippen LogP contribution in [0.5, 0.6) is 0 Å². The summed E-state index contributed by atoms with van der Waals surface area (Å²) in [5.41, 5.74) is 0.979. The van der Waals surface area contributed by atoms with Gasteiger partial charge in [0.25, 0.3) is 0 Å². The van der Waals surface area contributed by atoms with E-state index < -0.39 is 0 Å². The number of hydrogen-bond donors (Lipinski definition) is 1. The summed E-state index contributed by atoms with van der Waals surface area (Å²) >= 11 is 0. The van der Waals surface area contributed by atoms with Crippen LogP contribution in [0.3, 0.4) is 0 Å². The third kappa shape index (κ3) is 3.54. The van der Waals surface area contributed by atoms with Gasteiger partial charge in [-0.1, -0.05) is 0 Å². The van der Waals surface area contributed by atoms with Crippen molar-refractivity contribution >= 4 is 0 Å². The third-order valence-corrected chi connectivity index (χ3v) is 3.63. The van der Waals surface area contributed by atoms with E-state index in [0.29, 0.717) is 30.6 Å². The van der Waals surface area contributed by atoms with Crippen molar-refractivity contribution in [2.24, 2.45) is 0 Å². The fraction of sp³-hybridized carbons (Fsp3) is 0.533. The van der Waals surface area contributed by atoms with Gasteiger partial charge in [0.2, 0.25) is 0 Å². The first-order chi connectivity index (χ1) is 9.49. The van der Waals surface area contributed by atoms with Gasteiger partial charge in [-0.15, -0.1) is 0 Å². The molecule has 0 radical (unpaired) electrons. The van der Waals surface area contributed by atoms with Crippen molar-refractivity contribution in [3.63, 3.8) is 0 Å². The van der Waals surface area contributed by atoms with Crippen LogP contribution in [0.25, 0.3) is 0 Å². The molecule has 1 aromatic carbocycles. The van der Waals surface area contributed by atoms with E-state index in [-0.39, 0.29) is 18.0 Å². The molecule has 1 N–H and O–H groups in total. The lowest BCUT2D eigenvalue weighted by molar-refractivity contribution is 0.168. The Labute approximate surface area is 119 Å². The quantitative estimate of drug-likeness (QED) is 0.898. The fourth-order valence-corrected chi connectivity index (χ4v) is 2.75. The molecular weight excluding hydrogens is 257 g/mol. The summed E-state index contributed by atoms with van der Waals surface area (Å²) in [6.45, 7) is 1.81. The Balaban J connectivity index is 2.13. The van der Waals surface area contributed by atoms with Gasteiger partial charge in [0.15, 0.2) is 0 Å². The molecule has 1 aliphatic rings. The highest BCUT2D eigenvalue weighted by Crippen LogP contribution is 2.22. The predicted octanol–water partition coefficient (Wildman–Crippen LogP) is 1.19. The second kappa shape index (κ2) is 6.31. The van der Waals surface area contributed by atoms with Gasteiger partial charge in [0.1, 0.15) is 5.82 Å². The SMILES string of the molecule is CN(C)CC1CC(O)CN1Cc1cc(C#N)ccc1F. The number of hydrogen-bond acceptors (Lipinski definition) is 4. The molecular formula is C15H20FN3O. The number of nitrogens with zero attached hydrogens (tertiary/aromatic N) is 3. The summed E-state index contributed by atoms with van der Waals surface area (Å²) in [5, 5.41) is 18.7. The zero-order valence-electron chi connectivity index (χ0n) is 11.9. The third-order valence-electron chi connectivity index (χ3n) is 3.63. The molecule has 1 saturated heterocycles. The molecule has 4 nitrogen and oxygen atoms in total. The van der Waals surface area contributed by atoms with Crippen LogP contribution in [0.2, 0.25) is 0 Å². The minimum absolute atomic E-state index is 0.213. The molecule has 0 spiro atoms. The lowest BCUT2D eigenvalue weighted by atomic mass is 10.1. The Bertz CT molecular complexity index is 512. The van der Waals surface area contributed by atoms with Crippen LogP contribution in [0.4, 0.5) is 4.39 Å². The summed E-state index contributed by atoms with van der Waals surface area (Å²) in [6, 6.07) is 6.65. The highest BCUT2D eigenvalue weighted by Gasteiger charge is 2.31. The summed E-state index contributed by atoms with van der Waals surface area (Å²) in [7, 11) is 3.97. The van der Waals surface area contributed by atoms with E-state index in [2.05, 4.69) is 9.80 Å². The largest absolute Gasteiger partial charge is 0.392 e. The van der Waals surface area contributed by atoms with Crippen molar-refractivity contribution in [2.45, 2.75) is 25.1 Å². The number of likely N-dealkylation sites (N-methyl/N-ethyl adjacent to an activating group) is 1. The number of rotatable bonds is 4.